The summed E-state index contributed by atoms with van der Waals surface area (Å²) in [5.74, 6) is -1.29. The first-order valence-corrected chi connectivity index (χ1v) is 5.94. The molecule has 0 bridgehead atoms. The van der Waals surface area contributed by atoms with Crippen molar-refractivity contribution < 1.29 is 19.8 Å². The van der Waals surface area contributed by atoms with E-state index in [1.165, 1.54) is 0 Å². The van der Waals surface area contributed by atoms with Crippen LogP contribution in [-0.4, -0.2) is 52.9 Å². The minimum atomic E-state index is -0.847. The molecular formula is C11H20N2O4. The monoisotopic (exact) mass is 244 g/mol. The Morgan fingerprint density at radius 1 is 1.41 bits per heavy atom. The highest BCUT2D eigenvalue weighted by Crippen LogP contribution is 2.09. The van der Waals surface area contributed by atoms with Crippen molar-refractivity contribution in [3.05, 3.63) is 0 Å². The maximum absolute atomic E-state index is 11.6. The highest BCUT2D eigenvalue weighted by Gasteiger charge is 2.21. The lowest BCUT2D eigenvalue weighted by Gasteiger charge is -2.29. The molecule has 0 aromatic rings. The highest BCUT2D eigenvalue weighted by atomic mass is 16.4. The second-order valence-corrected chi connectivity index (χ2v) is 4.48. The van der Waals surface area contributed by atoms with Crippen LogP contribution in [0.4, 0.5) is 4.79 Å². The van der Waals surface area contributed by atoms with Gasteiger partial charge in [0.25, 0.3) is 0 Å². The quantitative estimate of drug-likeness (QED) is 0.662. The van der Waals surface area contributed by atoms with E-state index in [2.05, 4.69) is 5.32 Å². The van der Waals surface area contributed by atoms with Gasteiger partial charge in [-0.1, -0.05) is 6.92 Å². The smallest absolute Gasteiger partial charge is 0.317 e. The molecule has 1 fully saturated rings. The number of likely N-dealkylation sites (tertiary alicyclic amines) is 1. The molecule has 1 aliphatic rings. The predicted molar refractivity (Wildman–Crippen MR) is 61.6 cm³/mol. The number of rotatable bonds is 4. The van der Waals surface area contributed by atoms with Crippen molar-refractivity contribution >= 4 is 12.0 Å². The zero-order chi connectivity index (χ0) is 12.8. The molecular weight excluding hydrogens is 224 g/mol. The number of nitrogens with one attached hydrogen (secondary N) is 1. The van der Waals surface area contributed by atoms with Gasteiger partial charge >= 0.3 is 12.0 Å². The number of hydrogen-bond acceptors (Lipinski definition) is 3. The molecule has 3 N–H and O–H groups in total. The number of carbonyl (C=O) groups excluding carboxylic acids is 1. The molecule has 98 valence electrons. The van der Waals surface area contributed by atoms with E-state index >= 15 is 0 Å². The van der Waals surface area contributed by atoms with E-state index in [0.717, 1.165) is 0 Å². The molecule has 17 heavy (non-hydrogen) atoms. The summed E-state index contributed by atoms with van der Waals surface area (Å²) < 4.78 is 0. The van der Waals surface area contributed by atoms with Crippen LogP contribution in [0.1, 0.15) is 26.2 Å². The molecule has 1 atom stereocenters. The number of aliphatic hydroxyl groups excluding tert-OH is 1. The van der Waals surface area contributed by atoms with Crippen molar-refractivity contribution in [2.45, 2.75) is 32.3 Å². The molecule has 6 heteroatoms. The highest BCUT2D eigenvalue weighted by molar-refractivity contribution is 5.74. The Bertz CT molecular complexity index is 275. The van der Waals surface area contributed by atoms with E-state index in [1.807, 2.05) is 0 Å². The summed E-state index contributed by atoms with van der Waals surface area (Å²) in [5.41, 5.74) is 0. The molecule has 1 rings (SSSR count). The van der Waals surface area contributed by atoms with E-state index in [0.29, 0.717) is 38.9 Å². The maximum Gasteiger partial charge on any atom is 0.317 e. The summed E-state index contributed by atoms with van der Waals surface area (Å²) in [6.45, 7) is 3.10. The number of nitrogens with zero attached hydrogens (tertiary/aromatic N) is 1. The van der Waals surface area contributed by atoms with Crippen LogP contribution in [-0.2, 0) is 4.79 Å². The molecule has 1 aliphatic heterocycles. The summed E-state index contributed by atoms with van der Waals surface area (Å²) in [6, 6.07) is -0.172. The van der Waals surface area contributed by atoms with Gasteiger partial charge in [-0.25, -0.2) is 4.79 Å². The van der Waals surface area contributed by atoms with Crippen molar-refractivity contribution in [1.29, 1.82) is 0 Å². The zero-order valence-corrected chi connectivity index (χ0v) is 10.1. The number of carboxylic acid groups (broad SMARTS) is 1. The van der Waals surface area contributed by atoms with Gasteiger partial charge in [0.15, 0.2) is 0 Å². The summed E-state index contributed by atoms with van der Waals surface area (Å²) >= 11 is 0. The number of aliphatic carboxylic acids is 1. The normalized spacial score (nSPS) is 18.8. The first kappa shape index (κ1) is 13.8. The second-order valence-electron chi connectivity index (χ2n) is 4.48. The third kappa shape index (κ3) is 4.60. The Hall–Kier alpha value is -1.30. The fourth-order valence-electron chi connectivity index (χ4n) is 1.70. The average Bonchev–Trinajstić information content (AvgIpc) is 2.29. The van der Waals surface area contributed by atoms with Gasteiger partial charge in [0, 0.05) is 19.6 Å². The fraction of sp³-hybridized carbons (Fsp3) is 0.818. The Morgan fingerprint density at radius 3 is 2.53 bits per heavy atom. The number of carbonyl (C=O) groups is 2. The third-order valence-corrected chi connectivity index (χ3v) is 3.03. The SMILES string of the molecule is CC(CCNC(=O)N1CCC(O)CC1)C(=O)O. The third-order valence-electron chi connectivity index (χ3n) is 3.03. The van der Waals surface area contributed by atoms with Crippen LogP contribution in [0.3, 0.4) is 0 Å². The van der Waals surface area contributed by atoms with Gasteiger partial charge in [-0.05, 0) is 19.3 Å². The van der Waals surface area contributed by atoms with Crippen LogP contribution in [0.15, 0.2) is 0 Å². The lowest BCUT2D eigenvalue weighted by atomic mass is 10.1. The average molecular weight is 244 g/mol. The minimum Gasteiger partial charge on any atom is -0.481 e. The van der Waals surface area contributed by atoms with Gasteiger partial charge in [-0.3, -0.25) is 4.79 Å². The molecule has 6 nitrogen and oxygen atoms in total. The number of amides is 2. The summed E-state index contributed by atoms with van der Waals surface area (Å²) in [5, 5.41) is 20.7. The molecule has 1 saturated heterocycles. The molecule has 0 saturated carbocycles. The summed E-state index contributed by atoms with van der Waals surface area (Å²) in [7, 11) is 0. The summed E-state index contributed by atoms with van der Waals surface area (Å²) in [4.78, 5) is 23.9. The number of aliphatic hydroxyl groups is 1. The molecule has 1 heterocycles. The van der Waals surface area contributed by atoms with E-state index in [4.69, 9.17) is 5.11 Å². The van der Waals surface area contributed by atoms with Crippen LogP contribution >= 0.6 is 0 Å². The van der Waals surface area contributed by atoms with E-state index in [9.17, 15) is 14.7 Å². The van der Waals surface area contributed by atoms with E-state index in [-0.39, 0.29) is 12.1 Å². The van der Waals surface area contributed by atoms with Crippen molar-refractivity contribution in [2.24, 2.45) is 5.92 Å². The van der Waals surface area contributed by atoms with Crippen molar-refractivity contribution in [2.75, 3.05) is 19.6 Å². The van der Waals surface area contributed by atoms with Crippen molar-refractivity contribution in [3.63, 3.8) is 0 Å². The molecule has 2 amide bonds. The molecule has 0 aromatic carbocycles. The predicted octanol–water partition coefficient (Wildman–Crippen LogP) is 0.263. The Balaban J connectivity index is 2.19. The van der Waals surface area contributed by atoms with Gasteiger partial charge in [-0.15, -0.1) is 0 Å². The van der Waals surface area contributed by atoms with Gasteiger partial charge < -0.3 is 20.4 Å². The maximum atomic E-state index is 11.6. The van der Waals surface area contributed by atoms with Gasteiger partial charge in [-0.2, -0.15) is 0 Å². The van der Waals surface area contributed by atoms with Crippen LogP contribution in [0.2, 0.25) is 0 Å². The lowest BCUT2D eigenvalue weighted by molar-refractivity contribution is -0.141. The largest absolute Gasteiger partial charge is 0.481 e. The van der Waals surface area contributed by atoms with Crippen molar-refractivity contribution in [1.82, 2.24) is 10.2 Å². The molecule has 1 unspecified atom stereocenters. The zero-order valence-electron chi connectivity index (χ0n) is 10.1. The minimum absolute atomic E-state index is 0.172. The second kappa shape index (κ2) is 6.44. The van der Waals surface area contributed by atoms with E-state index in [1.54, 1.807) is 11.8 Å². The fourth-order valence-corrected chi connectivity index (χ4v) is 1.70. The number of hydrogen-bond donors (Lipinski definition) is 3. The van der Waals surface area contributed by atoms with Crippen molar-refractivity contribution in [3.8, 4) is 0 Å². The standard InChI is InChI=1S/C11H20N2O4/c1-8(10(15)16)2-5-12-11(17)13-6-3-9(14)4-7-13/h8-9,14H,2-7H2,1H3,(H,12,17)(H,15,16). The molecule has 0 radical (unpaired) electrons. The molecule has 0 aromatic heterocycles. The number of urea groups is 1. The Labute approximate surface area is 101 Å². The first-order valence-electron chi connectivity index (χ1n) is 5.94. The first-order chi connectivity index (χ1) is 8.00. The summed E-state index contributed by atoms with van der Waals surface area (Å²) in [6.07, 6.45) is 1.35. The lowest BCUT2D eigenvalue weighted by Crippen LogP contribution is -2.45. The number of piperidine rings is 1. The van der Waals surface area contributed by atoms with Crippen LogP contribution in [0, 0.1) is 5.92 Å². The van der Waals surface area contributed by atoms with Gasteiger partial charge in [0.05, 0.1) is 12.0 Å². The van der Waals surface area contributed by atoms with Crippen LogP contribution in [0.5, 0.6) is 0 Å². The van der Waals surface area contributed by atoms with E-state index < -0.39 is 11.9 Å². The van der Waals surface area contributed by atoms with Gasteiger partial charge in [0.1, 0.15) is 0 Å². The Kier molecular flexibility index (Phi) is 5.21. The topological polar surface area (TPSA) is 89.9 Å². The molecule has 0 spiro atoms. The molecule has 0 aliphatic carbocycles. The Morgan fingerprint density at radius 2 is 2.00 bits per heavy atom. The van der Waals surface area contributed by atoms with Crippen LogP contribution in [0.25, 0.3) is 0 Å². The number of carboxylic acids is 1. The van der Waals surface area contributed by atoms with Gasteiger partial charge in [0.2, 0.25) is 0 Å². The van der Waals surface area contributed by atoms with Crippen LogP contribution < -0.4 is 5.32 Å².